The van der Waals surface area contributed by atoms with E-state index in [9.17, 15) is 9.90 Å². The van der Waals surface area contributed by atoms with Crippen LogP contribution in [-0.2, 0) is 4.79 Å². The number of likely N-dealkylation sites (N-methyl/N-ethyl adjacent to an activating group) is 1. The molecule has 3 rings (SSSR count). The lowest BCUT2D eigenvalue weighted by Crippen LogP contribution is -2.46. The Labute approximate surface area is 123 Å². The molecule has 1 unspecified atom stereocenters. The third-order valence-corrected chi connectivity index (χ3v) is 4.38. The lowest BCUT2D eigenvalue weighted by molar-refractivity contribution is -0.123. The van der Waals surface area contributed by atoms with Gasteiger partial charge in [0.15, 0.2) is 6.10 Å². The van der Waals surface area contributed by atoms with E-state index in [2.05, 4.69) is 22.0 Å². The van der Waals surface area contributed by atoms with Gasteiger partial charge in [0.1, 0.15) is 0 Å². The number of carbonyl (C=O) groups excluding carboxylic acids is 1. The summed E-state index contributed by atoms with van der Waals surface area (Å²) in [5.74, 6) is -0.385. The summed E-state index contributed by atoms with van der Waals surface area (Å²) in [6.07, 6.45) is -1.10. The van der Waals surface area contributed by atoms with E-state index < -0.39 is 6.10 Å². The van der Waals surface area contributed by atoms with Crippen molar-refractivity contribution in [1.29, 1.82) is 0 Å². The standard InChI is InChI=1S/C14H18ClN3O2/c1-2-17-3-5-18(6-4-17)12-8-11-9(7-10(12)15)13(19)14(20)16-11/h7-8,13,19H,2-6H2,1H3,(H,16,20). The van der Waals surface area contributed by atoms with Crippen molar-refractivity contribution in [2.75, 3.05) is 42.9 Å². The van der Waals surface area contributed by atoms with Crippen molar-refractivity contribution in [3.05, 3.63) is 22.7 Å². The van der Waals surface area contributed by atoms with Crippen LogP contribution in [-0.4, -0.2) is 48.6 Å². The minimum Gasteiger partial charge on any atom is -0.378 e. The molecular formula is C14H18ClN3O2. The van der Waals surface area contributed by atoms with Crippen molar-refractivity contribution < 1.29 is 9.90 Å². The number of anilines is 2. The highest BCUT2D eigenvalue weighted by Crippen LogP contribution is 2.39. The summed E-state index contributed by atoms with van der Waals surface area (Å²) in [5, 5.41) is 13.0. The number of hydrogen-bond donors (Lipinski definition) is 2. The Hall–Kier alpha value is -1.30. The average molecular weight is 296 g/mol. The first-order valence-electron chi connectivity index (χ1n) is 6.90. The Morgan fingerprint density at radius 1 is 1.35 bits per heavy atom. The van der Waals surface area contributed by atoms with Crippen molar-refractivity contribution in [2.24, 2.45) is 0 Å². The van der Waals surface area contributed by atoms with Gasteiger partial charge in [-0.1, -0.05) is 18.5 Å². The van der Waals surface area contributed by atoms with Crippen LogP contribution in [0.1, 0.15) is 18.6 Å². The molecule has 1 fully saturated rings. The zero-order valence-corrected chi connectivity index (χ0v) is 12.2. The maximum Gasteiger partial charge on any atom is 0.257 e. The second-order valence-corrected chi connectivity index (χ2v) is 5.61. The number of aliphatic hydroxyl groups excluding tert-OH is 1. The van der Waals surface area contributed by atoms with E-state index in [-0.39, 0.29) is 5.91 Å². The number of halogens is 1. The summed E-state index contributed by atoms with van der Waals surface area (Å²) >= 11 is 6.32. The maximum absolute atomic E-state index is 11.5. The summed E-state index contributed by atoms with van der Waals surface area (Å²) in [6, 6.07) is 3.56. The predicted molar refractivity (Wildman–Crippen MR) is 79.4 cm³/mol. The van der Waals surface area contributed by atoms with Gasteiger partial charge in [-0.15, -0.1) is 0 Å². The summed E-state index contributed by atoms with van der Waals surface area (Å²) in [5.41, 5.74) is 2.16. The van der Waals surface area contributed by atoms with Gasteiger partial charge >= 0.3 is 0 Å². The quantitative estimate of drug-likeness (QED) is 0.867. The molecule has 0 spiro atoms. The highest BCUT2D eigenvalue weighted by atomic mass is 35.5. The van der Waals surface area contributed by atoms with Crippen molar-refractivity contribution in [3.8, 4) is 0 Å². The SMILES string of the molecule is CCN1CCN(c2cc3c(cc2Cl)C(O)C(=O)N3)CC1. The molecule has 0 radical (unpaired) electrons. The number of hydrogen-bond acceptors (Lipinski definition) is 4. The van der Waals surface area contributed by atoms with E-state index in [1.54, 1.807) is 6.07 Å². The zero-order valence-electron chi connectivity index (χ0n) is 11.4. The zero-order chi connectivity index (χ0) is 14.3. The molecule has 1 saturated heterocycles. The Balaban J connectivity index is 1.85. The Morgan fingerprint density at radius 2 is 2.05 bits per heavy atom. The smallest absolute Gasteiger partial charge is 0.257 e. The topological polar surface area (TPSA) is 55.8 Å². The normalized spacial score (nSPS) is 22.9. The first-order valence-corrected chi connectivity index (χ1v) is 7.27. The highest BCUT2D eigenvalue weighted by molar-refractivity contribution is 6.33. The lowest BCUT2D eigenvalue weighted by atomic mass is 10.1. The molecule has 2 N–H and O–H groups in total. The molecule has 2 heterocycles. The first kappa shape index (κ1) is 13.7. The van der Waals surface area contributed by atoms with Crippen LogP contribution in [0.5, 0.6) is 0 Å². The van der Waals surface area contributed by atoms with Crippen LogP contribution in [0.4, 0.5) is 11.4 Å². The number of nitrogens with one attached hydrogen (secondary N) is 1. The fourth-order valence-electron chi connectivity index (χ4n) is 2.80. The molecule has 1 atom stereocenters. The van der Waals surface area contributed by atoms with Gasteiger partial charge in [0, 0.05) is 37.4 Å². The monoisotopic (exact) mass is 295 g/mol. The molecule has 1 aromatic rings. The van der Waals surface area contributed by atoms with E-state index in [0.29, 0.717) is 16.3 Å². The van der Waals surface area contributed by atoms with Gasteiger partial charge < -0.3 is 20.2 Å². The molecular weight excluding hydrogens is 278 g/mol. The summed E-state index contributed by atoms with van der Waals surface area (Å²) in [6.45, 7) is 7.09. The molecule has 0 bridgehead atoms. The van der Waals surface area contributed by atoms with Crippen LogP contribution >= 0.6 is 11.6 Å². The van der Waals surface area contributed by atoms with Crippen molar-refractivity contribution in [1.82, 2.24) is 4.90 Å². The fraction of sp³-hybridized carbons (Fsp3) is 0.500. The molecule has 1 amide bonds. The van der Waals surface area contributed by atoms with Gasteiger partial charge in [-0.05, 0) is 18.7 Å². The molecule has 1 aromatic carbocycles. The van der Waals surface area contributed by atoms with Crippen LogP contribution in [0.25, 0.3) is 0 Å². The van der Waals surface area contributed by atoms with E-state index in [0.717, 1.165) is 38.4 Å². The van der Waals surface area contributed by atoms with Gasteiger partial charge in [-0.3, -0.25) is 4.79 Å². The lowest BCUT2D eigenvalue weighted by Gasteiger charge is -2.36. The van der Waals surface area contributed by atoms with Crippen molar-refractivity contribution >= 4 is 28.9 Å². The number of carbonyl (C=O) groups is 1. The van der Waals surface area contributed by atoms with Crippen LogP contribution in [0.15, 0.2) is 12.1 Å². The third-order valence-electron chi connectivity index (χ3n) is 4.08. The molecule has 2 aliphatic heterocycles. The summed E-state index contributed by atoms with van der Waals surface area (Å²) < 4.78 is 0. The van der Waals surface area contributed by atoms with Crippen LogP contribution < -0.4 is 10.2 Å². The van der Waals surface area contributed by atoms with Gasteiger partial charge in [-0.25, -0.2) is 0 Å². The molecule has 0 aromatic heterocycles. The number of aliphatic hydroxyl groups is 1. The highest BCUT2D eigenvalue weighted by Gasteiger charge is 2.30. The number of rotatable bonds is 2. The summed E-state index contributed by atoms with van der Waals surface area (Å²) in [7, 11) is 0. The van der Waals surface area contributed by atoms with Crippen LogP contribution in [0.3, 0.4) is 0 Å². The number of nitrogens with zero attached hydrogens (tertiary/aromatic N) is 2. The van der Waals surface area contributed by atoms with E-state index >= 15 is 0 Å². The molecule has 0 aliphatic carbocycles. The molecule has 6 heteroatoms. The number of benzene rings is 1. The second kappa shape index (κ2) is 5.24. The van der Waals surface area contributed by atoms with Crippen molar-refractivity contribution in [2.45, 2.75) is 13.0 Å². The van der Waals surface area contributed by atoms with E-state index in [1.807, 2.05) is 6.07 Å². The Kier molecular flexibility index (Phi) is 3.58. The Bertz CT molecular complexity index is 541. The second-order valence-electron chi connectivity index (χ2n) is 5.20. The number of fused-ring (bicyclic) bond motifs is 1. The molecule has 108 valence electrons. The van der Waals surface area contributed by atoms with Gasteiger partial charge in [0.25, 0.3) is 5.91 Å². The Morgan fingerprint density at radius 3 is 2.70 bits per heavy atom. The number of piperazine rings is 1. The third kappa shape index (κ3) is 2.26. The van der Waals surface area contributed by atoms with E-state index in [4.69, 9.17) is 11.6 Å². The van der Waals surface area contributed by atoms with Gasteiger partial charge in [0.05, 0.1) is 10.7 Å². The molecule has 0 saturated carbocycles. The first-order chi connectivity index (χ1) is 9.60. The average Bonchev–Trinajstić information content (AvgIpc) is 2.74. The largest absolute Gasteiger partial charge is 0.378 e. The molecule has 2 aliphatic rings. The number of amides is 1. The van der Waals surface area contributed by atoms with Gasteiger partial charge in [-0.2, -0.15) is 0 Å². The minimum atomic E-state index is -1.10. The maximum atomic E-state index is 11.5. The fourth-order valence-corrected chi connectivity index (χ4v) is 3.09. The van der Waals surface area contributed by atoms with Crippen molar-refractivity contribution in [3.63, 3.8) is 0 Å². The molecule has 5 nitrogen and oxygen atoms in total. The molecule has 20 heavy (non-hydrogen) atoms. The van der Waals surface area contributed by atoms with E-state index in [1.165, 1.54) is 0 Å². The summed E-state index contributed by atoms with van der Waals surface area (Å²) in [4.78, 5) is 16.1. The van der Waals surface area contributed by atoms with Gasteiger partial charge in [0.2, 0.25) is 0 Å². The van der Waals surface area contributed by atoms with Crippen LogP contribution in [0.2, 0.25) is 5.02 Å². The predicted octanol–water partition coefficient (Wildman–Crippen LogP) is 1.47. The van der Waals surface area contributed by atoms with Crippen LogP contribution in [0, 0.1) is 0 Å². The minimum absolute atomic E-state index is 0.385.